The minimum atomic E-state index is -0.193. The number of nitrogens with one attached hydrogen (secondary N) is 1. The Morgan fingerprint density at radius 3 is 2.47 bits per heavy atom. The lowest BCUT2D eigenvalue weighted by Crippen LogP contribution is -2.47. The molecule has 1 aromatic carbocycles. The van der Waals surface area contributed by atoms with Crippen molar-refractivity contribution in [2.45, 2.75) is 31.7 Å². The van der Waals surface area contributed by atoms with Gasteiger partial charge in [-0.1, -0.05) is 11.6 Å². The summed E-state index contributed by atoms with van der Waals surface area (Å²) in [5, 5.41) is 3.45. The molecule has 0 aliphatic carbocycles. The quantitative estimate of drug-likeness (QED) is 0.365. The van der Waals surface area contributed by atoms with Crippen LogP contribution in [0.5, 0.6) is 5.75 Å². The average molecular weight is 465 g/mol. The molecule has 0 unspecified atom stereocenters. The summed E-state index contributed by atoms with van der Waals surface area (Å²) in [5.41, 5.74) is 6.59. The number of nitrogens with zero attached hydrogens (tertiary/aromatic N) is 2. The lowest BCUT2D eigenvalue weighted by molar-refractivity contribution is -0.127. The number of piperidine rings is 2. The van der Waals surface area contributed by atoms with Crippen molar-refractivity contribution in [3.63, 3.8) is 0 Å². The molecule has 0 radical (unpaired) electrons. The van der Waals surface area contributed by atoms with Gasteiger partial charge in [-0.25, -0.2) is 0 Å². The molecule has 3 rings (SSSR count). The van der Waals surface area contributed by atoms with Gasteiger partial charge in [-0.3, -0.25) is 9.59 Å². The number of amides is 2. The summed E-state index contributed by atoms with van der Waals surface area (Å²) in [5.74, 6) is 0.838. The van der Waals surface area contributed by atoms with Gasteiger partial charge in [0.1, 0.15) is 5.75 Å². The van der Waals surface area contributed by atoms with E-state index in [2.05, 4.69) is 10.2 Å². The monoisotopic (exact) mass is 464 g/mol. The number of benzene rings is 1. The Kier molecular flexibility index (Phi) is 8.64. The molecule has 2 aliphatic heterocycles. The number of halogens is 1. The first-order valence-electron chi connectivity index (χ1n) is 11.1. The SMILES string of the molecule is CO/C=C/C(=O)N1CCC(CN2CCC(NC(=O)c3cc(Cl)c(N)cc3OC)CC2)CC1. The highest BCUT2D eigenvalue weighted by Gasteiger charge is 2.27. The largest absolute Gasteiger partial charge is 0.504 e. The number of hydrogen-bond acceptors (Lipinski definition) is 6. The highest BCUT2D eigenvalue weighted by atomic mass is 35.5. The van der Waals surface area contributed by atoms with Crippen molar-refractivity contribution in [3.05, 3.63) is 35.1 Å². The van der Waals surface area contributed by atoms with Crippen LogP contribution in [0.1, 0.15) is 36.0 Å². The molecule has 0 spiro atoms. The number of nitrogen functional groups attached to an aromatic ring is 1. The zero-order valence-corrected chi connectivity index (χ0v) is 19.6. The number of carbonyl (C=O) groups excluding carboxylic acids is 2. The summed E-state index contributed by atoms with van der Waals surface area (Å²) < 4.78 is 10.1. The van der Waals surface area contributed by atoms with E-state index < -0.39 is 0 Å². The van der Waals surface area contributed by atoms with Gasteiger partial charge in [0.25, 0.3) is 5.91 Å². The third-order valence-corrected chi connectivity index (χ3v) is 6.60. The van der Waals surface area contributed by atoms with Crippen LogP contribution in [0.25, 0.3) is 0 Å². The summed E-state index contributed by atoms with van der Waals surface area (Å²) in [6.45, 7) is 4.50. The zero-order valence-electron chi connectivity index (χ0n) is 18.8. The Bertz CT molecular complexity index is 832. The molecule has 176 valence electrons. The van der Waals surface area contributed by atoms with E-state index in [1.807, 2.05) is 4.90 Å². The molecule has 32 heavy (non-hydrogen) atoms. The van der Waals surface area contributed by atoms with E-state index in [4.69, 9.17) is 26.8 Å². The van der Waals surface area contributed by atoms with E-state index in [1.165, 1.54) is 26.6 Å². The van der Waals surface area contributed by atoms with Crippen molar-refractivity contribution in [1.82, 2.24) is 15.1 Å². The predicted molar refractivity (Wildman–Crippen MR) is 125 cm³/mol. The molecular weight excluding hydrogens is 432 g/mol. The van der Waals surface area contributed by atoms with Gasteiger partial charge in [-0.05, 0) is 37.7 Å². The van der Waals surface area contributed by atoms with Crippen LogP contribution in [-0.4, -0.2) is 74.6 Å². The van der Waals surface area contributed by atoms with Gasteiger partial charge in [0, 0.05) is 50.9 Å². The maximum atomic E-state index is 12.8. The maximum Gasteiger partial charge on any atom is 0.255 e. The average Bonchev–Trinajstić information content (AvgIpc) is 2.80. The Morgan fingerprint density at radius 1 is 1.16 bits per heavy atom. The molecule has 2 fully saturated rings. The molecule has 3 N–H and O–H groups in total. The molecule has 0 atom stereocenters. The van der Waals surface area contributed by atoms with Gasteiger partial charge in [-0.2, -0.15) is 0 Å². The minimum Gasteiger partial charge on any atom is -0.504 e. The van der Waals surface area contributed by atoms with Crippen LogP contribution in [0.3, 0.4) is 0 Å². The van der Waals surface area contributed by atoms with Crippen molar-refractivity contribution in [1.29, 1.82) is 0 Å². The van der Waals surface area contributed by atoms with E-state index in [9.17, 15) is 9.59 Å². The molecule has 2 saturated heterocycles. The van der Waals surface area contributed by atoms with Crippen LogP contribution < -0.4 is 15.8 Å². The summed E-state index contributed by atoms with van der Waals surface area (Å²) in [7, 11) is 3.05. The van der Waals surface area contributed by atoms with Crippen LogP contribution in [0, 0.1) is 5.92 Å². The van der Waals surface area contributed by atoms with Crippen LogP contribution in [0.4, 0.5) is 5.69 Å². The molecule has 9 heteroatoms. The fourth-order valence-corrected chi connectivity index (χ4v) is 4.53. The topological polar surface area (TPSA) is 97.1 Å². The number of rotatable bonds is 7. The Hall–Kier alpha value is -2.45. The van der Waals surface area contributed by atoms with Crippen LogP contribution in [0.2, 0.25) is 5.02 Å². The van der Waals surface area contributed by atoms with Crippen molar-refractivity contribution in [3.8, 4) is 5.75 Å². The lowest BCUT2D eigenvalue weighted by Gasteiger charge is -2.37. The first-order valence-corrected chi connectivity index (χ1v) is 11.4. The molecule has 0 bridgehead atoms. The lowest BCUT2D eigenvalue weighted by atomic mass is 9.94. The van der Waals surface area contributed by atoms with Gasteiger partial charge >= 0.3 is 0 Å². The van der Waals surface area contributed by atoms with Gasteiger partial charge in [0.05, 0.1) is 36.8 Å². The third-order valence-electron chi connectivity index (χ3n) is 6.28. The minimum absolute atomic E-state index is 0.0147. The van der Waals surface area contributed by atoms with Crippen LogP contribution in [-0.2, 0) is 9.53 Å². The summed E-state index contributed by atoms with van der Waals surface area (Å²) in [4.78, 5) is 29.2. The number of likely N-dealkylation sites (tertiary alicyclic amines) is 2. The number of carbonyl (C=O) groups is 2. The van der Waals surface area contributed by atoms with Gasteiger partial charge in [-0.15, -0.1) is 0 Å². The molecule has 0 aromatic heterocycles. The van der Waals surface area contributed by atoms with Crippen LogP contribution >= 0.6 is 11.6 Å². The third kappa shape index (κ3) is 6.29. The normalized spacial score (nSPS) is 18.7. The molecular formula is C23H33ClN4O4. The standard InChI is InChI=1S/C23H33ClN4O4/c1-31-12-7-22(29)28-10-3-16(4-11-28)15-27-8-5-17(6-9-27)26-23(30)18-13-19(24)20(25)14-21(18)32-2/h7,12-14,16-17H,3-6,8-11,15,25H2,1-2H3,(H,26,30)/b12-7+. The molecule has 2 amide bonds. The highest BCUT2D eigenvalue weighted by molar-refractivity contribution is 6.33. The zero-order chi connectivity index (χ0) is 23.1. The smallest absolute Gasteiger partial charge is 0.255 e. The van der Waals surface area contributed by atoms with E-state index in [0.29, 0.717) is 27.9 Å². The fourth-order valence-electron chi connectivity index (χ4n) is 4.37. The predicted octanol–water partition coefficient (Wildman–Crippen LogP) is 2.52. The number of hydrogen-bond donors (Lipinski definition) is 2. The van der Waals surface area contributed by atoms with Crippen molar-refractivity contribution in [2.75, 3.05) is 52.7 Å². The van der Waals surface area contributed by atoms with Crippen LogP contribution in [0.15, 0.2) is 24.5 Å². The first-order chi connectivity index (χ1) is 15.4. The molecule has 2 heterocycles. The number of nitrogens with two attached hydrogens (primary N) is 1. The van der Waals surface area contributed by atoms with Crippen molar-refractivity contribution >= 4 is 29.1 Å². The molecule has 8 nitrogen and oxygen atoms in total. The summed E-state index contributed by atoms with van der Waals surface area (Å²) >= 11 is 6.09. The molecule has 0 saturated carbocycles. The maximum absolute atomic E-state index is 12.8. The van der Waals surface area contributed by atoms with Gasteiger partial charge in [0.2, 0.25) is 5.91 Å². The highest BCUT2D eigenvalue weighted by Crippen LogP contribution is 2.29. The molecule has 2 aliphatic rings. The Balaban J connectivity index is 1.42. The van der Waals surface area contributed by atoms with Gasteiger partial charge in [0.15, 0.2) is 0 Å². The van der Waals surface area contributed by atoms with E-state index in [0.717, 1.165) is 58.4 Å². The second-order valence-electron chi connectivity index (χ2n) is 8.43. The van der Waals surface area contributed by atoms with E-state index in [1.54, 1.807) is 12.1 Å². The van der Waals surface area contributed by atoms with Gasteiger partial charge < -0.3 is 30.3 Å². The van der Waals surface area contributed by atoms with Crippen molar-refractivity contribution < 1.29 is 19.1 Å². The molecule has 1 aromatic rings. The number of methoxy groups -OCH3 is 2. The Labute approximate surface area is 194 Å². The summed E-state index contributed by atoms with van der Waals surface area (Å²) in [6.07, 6.45) is 6.73. The second kappa shape index (κ2) is 11.4. The van der Waals surface area contributed by atoms with E-state index in [-0.39, 0.29) is 17.9 Å². The second-order valence-corrected chi connectivity index (χ2v) is 8.84. The number of ether oxygens (including phenoxy) is 2. The fraction of sp³-hybridized carbons (Fsp3) is 0.565. The Morgan fingerprint density at radius 2 is 1.84 bits per heavy atom. The summed E-state index contributed by atoms with van der Waals surface area (Å²) in [6, 6.07) is 3.25. The first kappa shape index (κ1) is 24.2. The van der Waals surface area contributed by atoms with E-state index >= 15 is 0 Å². The van der Waals surface area contributed by atoms with Crippen molar-refractivity contribution in [2.24, 2.45) is 5.92 Å². The number of anilines is 1.